The number of carbonyl (C=O) groups is 1. The Morgan fingerprint density at radius 1 is 0.971 bits per heavy atom. The van der Waals surface area contributed by atoms with E-state index in [2.05, 4.69) is 5.32 Å². The molecule has 3 aromatic carbocycles. The third kappa shape index (κ3) is 5.15. The van der Waals surface area contributed by atoms with Gasteiger partial charge in [0, 0.05) is 17.3 Å². The Hall–Kier alpha value is -3.58. The van der Waals surface area contributed by atoms with Gasteiger partial charge in [-0.3, -0.25) is 0 Å². The van der Waals surface area contributed by atoms with Crippen LogP contribution in [-0.2, 0) is 6.42 Å². The lowest BCUT2D eigenvalue weighted by molar-refractivity contribution is 0.144. The van der Waals surface area contributed by atoms with Gasteiger partial charge in [-0.15, -0.1) is 0 Å². The molecule has 7 nitrogen and oxygen atoms in total. The Labute approximate surface area is 204 Å². The molecule has 4 rings (SSSR count). The Morgan fingerprint density at radius 3 is 2.35 bits per heavy atom. The van der Waals surface area contributed by atoms with Gasteiger partial charge in [-0.2, -0.15) is 0 Å². The van der Waals surface area contributed by atoms with E-state index in [-0.39, 0.29) is 18.7 Å². The lowest BCUT2D eigenvalue weighted by Gasteiger charge is -2.37. The molecule has 0 unspecified atom stereocenters. The molecule has 3 aromatic rings. The summed E-state index contributed by atoms with van der Waals surface area (Å²) in [6, 6.07) is 17.8. The minimum absolute atomic E-state index is 0.231. The topological polar surface area (TPSA) is 69.3 Å². The second-order valence-corrected chi connectivity index (χ2v) is 8.23. The van der Waals surface area contributed by atoms with Gasteiger partial charge in [0.2, 0.25) is 0 Å². The molecule has 2 amide bonds. The molecule has 34 heavy (non-hydrogen) atoms. The van der Waals surface area contributed by atoms with Crippen LogP contribution in [0.1, 0.15) is 17.2 Å². The molecule has 1 atom stereocenters. The van der Waals surface area contributed by atoms with Crippen LogP contribution in [0.25, 0.3) is 0 Å². The molecule has 1 aliphatic rings. The maximum Gasteiger partial charge on any atom is 0.322 e. The van der Waals surface area contributed by atoms with E-state index in [1.54, 1.807) is 50.5 Å². The van der Waals surface area contributed by atoms with Crippen LogP contribution in [0, 0.1) is 0 Å². The van der Waals surface area contributed by atoms with Crippen LogP contribution in [0.5, 0.6) is 23.0 Å². The SMILES string of the molecule is COc1ccc(OC[C@@H]2c3cc(OC)c(OC)cc3CCN2C(=O)Nc2cccc(Cl)c2)cc1. The van der Waals surface area contributed by atoms with Crippen LogP contribution < -0.4 is 24.3 Å². The second-order valence-electron chi connectivity index (χ2n) is 7.79. The zero-order valence-electron chi connectivity index (χ0n) is 19.3. The number of fused-ring (bicyclic) bond motifs is 1. The van der Waals surface area contributed by atoms with Crippen molar-refractivity contribution in [1.29, 1.82) is 0 Å². The molecule has 0 spiro atoms. The van der Waals surface area contributed by atoms with E-state index in [1.165, 1.54) is 0 Å². The van der Waals surface area contributed by atoms with Gasteiger partial charge < -0.3 is 29.2 Å². The third-order valence-electron chi connectivity index (χ3n) is 5.81. The number of carbonyl (C=O) groups excluding carboxylic acids is 1. The predicted octanol–water partition coefficient (Wildman–Crippen LogP) is 5.58. The molecule has 8 heteroatoms. The molecule has 0 saturated heterocycles. The van der Waals surface area contributed by atoms with Crippen LogP contribution >= 0.6 is 11.6 Å². The first-order chi connectivity index (χ1) is 16.5. The number of anilines is 1. The van der Waals surface area contributed by atoms with E-state index in [4.69, 9.17) is 30.5 Å². The first-order valence-electron chi connectivity index (χ1n) is 10.9. The number of ether oxygens (including phenoxy) is 4. The molecule has 1 aliphatic heterocycles. The van der Waals surface area contributed by atoms with Gasteiger partial charge in [-0.05, 0) is 72.1 Å². The smallest absolute Gasteiger partial charge is 0.322 e. The van der Waals surface area contributed by atoms with Gasteiger partial charge in [-0.1, -0.05) is 17.7 Å². The van der Waals surface area contributed by atoms with Gasteiger partial charge >= 0.3 is 6.03 Å². The Kier molecular flexibility index (Phi) is 7.33. The first kappa shape index (κ1) is 23.6. The number of nitrogens with zero attached hydrogens (tertiary/aromatic N) is 1. The van der Waals surface area contributed by atoms with Crippen molar-refractivity contribution in [2.75, 3.05) is 39.8 Å². The fraction of sp³-hybridized carbons (Fsp3) is 0.269. The highest BCUT2D eigenvalue weighted by molar-refractivity contribution is 6.30. The summed E-state index contributed by atoms with van der Waals surface area (Å²) >= 11 is 6.09. The highest BCUT2D eigenvalue weighted by Crippen LogP contribution is 2.38. The van der Waals surface area contributed by atoms with Crippen LogP contribution in [0.15, 0.2) is 60.7 Å². The van der Waals surface area contributed by atoms with Crippen molar-refractivity contribution in [1.82, 2.24) is 4.90 Å². The number of benzene rings is 3. The fourth-order valence-electron chi connectivity index (χ4n) is 4.06. The summed E-state index contributed by atoms with van der Waals surface area (Å²) in [6.45, 7) is 0.781. The Balaban J connectivity index is 1.63. The standard InChI is InChI=1S/C26H27ClN2O5/c1-31-20-7-9-21(10-8-20)34-16-23-22-15-25(33-3)24(32-2)13-17(22)11-12-29(23)26(30)28-19-6-4-5-18(27)14-19/h4-10,13-15,23H,11-12,16H2,1-3H3,(H,28,30)/t23-/m1/s1. The van der Waals surface area contributed by atoms with Crippen molar-refractivity contribution in [2.24, 2.45) is 0 Å². The number of hydrogen-bond donors (Lipinski definition) is 1. The number of halogens is 1. The van der Waals surface area contributed by atoms with E-state index in [0.717, 1.165) is 16.9 Å². The number of rotatable bonds is 7. The molecule has 0 aromatic heterocycles. The fourth-order valence-corrected chi connectivity index (χ4v) is 4.25. The summed E-state index contributed by atoms with van der Waals surface area (Å²) in [5.41, 5.74) is 2.68. The number of amides is 2. The minimum atomic E-state index is -0.343. The lowest BCUT2D eigenvalue weighted by Crippen LogP contribution is -2.44. The summed E-state index contributed by atoms with van der Waals surface area (Å²) in [5, 5.41) is 3.51. The van der Waals surface area contributed by atoms with Gasteiger partial charge in [0.25, 0.3) is 0 Å². The van der Waals surface area contributed by atoms with E-state index in [0.29, 0.717) is 40.9 Å². The molecule has 178 valence electrons. The number of nitrogens with one attached hydrogen (secondary N) is 1. The maximum absolute atomic E-state index is 13.3. The molecule has 0 fully saturated rings. The van der Waals surface area contributed by atoms with Crippen molar-refractivity contribution >= 4 is 23.3 Å². The summed E-state index contributed by atoms with van der Waals surface area (Å²) < 4.78 is 22.3. The van der Waals surface area contributed by atoms with E-state index >= 15 is 0 Å². The average molecular weight is 483 g/mol. The van der Waals surface area contributed by atoms with Gasteiger partial charge in [-0.25, -0.2) is 4.79 Å². The molecular weight excluding hydrogens is 456 g/mol. The maximum atomic E-state index is 13.3. The van der Waals surface area contributed by atoms with Crippen molar-refractivity contribution < 1.29 is 23.7 Å². The predicted molar refractivity (Wildman–Crippen MR) is 132 cm³/mol. The van der Waals surface area contributed by atoms with Crippen molar-refractivity contribution in [3.05, 3.63) is 76.8 Å². The molecule has 1 heterocycles. The van der Waals surface area contributed by atoms with Crippen LogP contribution in [0.2, 0.25) is 5.02 Å². The summed E-state index contributed by atoms with van der Waals surface area (Å²) in [5.74, 6) is 2.69. The summed E-state index contributed by atoms with van der Waals surface area (Å²) in [7, 11) is 4.83. The highest BCUT2D eigenvalue weighted by Gasteiger charge is 2.33. The number of hydrogen-bond acceptors (Lipinski definition) is 5. The molecule has 0 aliphatic carbocycles. The molecule has 0 radical (unpaired) electrons. The second kappa shape index (κ2) is 10.6. The van der Waals surface area contributed by atoms with Crippen LogP contribution in [0.3, 0.4) is 0 Å². The van der Waals surface area contributed by atoms with E-state index in [9.17, 15) is 4.79 Å². The van der Waals surface area contributed by atoms with Crippen LogP contribution in [-0.4, -0.2) is 45.4 Å². The van der Waals surface area contributed by atoms with E-state index in [1.807, 2.05) is 36.4 Å². The Bertz CT molecular complexity index is 1150. The zero-order valence-corrected chi connectivity index (χ0v) is 20.1. The van der Waals surface area contributed by atoms with Crippen molar-refractivity contribution in [2.45, 2.75) is 12.5 Å². The van der Waals surface area contributed by atoms with Gasteiger partial charge in [0.05, 0.1) is 27.4 Å². The Morgan fingerprint density at radius 2 is 1.68 bits per heavy atom. The molecule has 0 bridgehead atoms. The molecular formula is C26H27ClN2O5. The van der Waals surface area contributed by atoms with Crippen molar-refractivity contribution in [3.63, 3.8) is 0 Å². The first-order valence-corrected chi connectivity index (χ1v) is 11.2. The summed E-state index contributed by atoms with van der Waals surface area (Å²) in [6.07, 6.45) is 0.678. The minimum Gasteiger partial charge on any atom is -0.497 e. The monoisotopic (exact) mass is 482 g/mol. The number of urea groups is 1. The van der Waals surface area contributed by atoms with Crippen molar-refractivity contribution in [3.8, 4) is 23.0 Å². The number of methoxy groups -OCH3 is 3. The summed E-state index contributed by atoms with van der Waals surface area (Å²) in [4.78, 5) is 15.1. The quantitative estimate of drug-likeness (QED) is 0.476. The zero-order chi connectivity index (χ0) is 24.1. The largest absolute Gasteiger partial charge is 0.497 e. The van der Waals surface area contributed by atoms with Gasteiger partial charge in [0.1, 0.15) is 18.1 Å². The van der Waals surface area contributed by atoms with E-state index < -0.39 is 0 Å². The normalized spacial score (nSPS) is 14.7. The highest BCUT2D eigenvalue weighted by atomic mass is 35.5. The lowest BCUT2D eigenvalue weighted by atomic mass is 9.92. The average Bonchev–Trinajstić information content (AvgIpc) is 2.86. The third-order valence-corrected chi connectivity index (χ3v) is 6.04. The molecule has 0 saturated carbocycles. The van der Waals surface area contributed by atoms with Crippen LogP contribution in [0.4, 0.5) is 10.5 Å². The van der Waals surface area contributed by atoms with Gasteiger partial charge in [0.15, 0.2) is 11.5 Å². The molecule has 1 N–H and O–H groups in total.